The van der Waals surface area contributed by atoms with Crippen molar-refractivity contribution < 1.29 is 14.0 Å². The van der Waals surface area contributed by atoms with E-state index in [1.54, 1.807) is 6.92 Å². The average Bonchev–Trinajstić information content (AvgIpc) is 2.11. The molecule has 0 N–H and O–H groups in total. The molecule has 14 heavy (non-hydrogen) atoms. The van der Waals surface area contributed by atoms with Gasteiger partial charge >= 0.3 is 0 Å². The first kappa shape index (κ1) is 14.2. The molecule has 0 radical (unpaired) electrons. The summed E-state index contributed by atoms with van der Waals surface area (Å²) in [4.78, 5) is 11.1. The highest BCUT2D eigenvalue weighted by Gasteiger charge is 2.05. The second-order valence-electron chi connectivity index (χ2n) is 3.52. The Morgan fingerprint density at radius 1 is 1.07 bits per heavy atom. The van der Waals surface area contributed by atoms with Gasteiger partial charge in [0.05, 0.1) is 6.61 Å². The maximum Gasteiger partial charge on any atom is 0.134 e. The molecule has 0 saturated carbocycles. The standard InChI is InChI=1S/C10H23O3P/c1-3-5-6-7-8-9-10-14(11,12)13-4-2/h3-10H2,1-2H3,(H,11,12)/p-1. The molecule has 0 aromatic heterocycles. The first-order valence-electron chi connectivity index (χ1n) is 5.57. The SMILES string of the molecule is CCCCCCCCP(=O)([O-])OCC. The Hall–Kier alpha value is 0.150. The normalized spacial score (nSPS) is 15.4. The zero-order chi connectivity index (χ0) is 10.9. The van der Waals surface area contributed by atoms with Gasteiger partial charge in [0.1, 0.15) is 7.60 Å². The van der Waals surface area contributed by atoms with E-state index in [2.05, 4.69) is 11.4 Å². The molecule has 0 aromatic rings. The summed E-state index contributed by atoms with van der Waals surface area (Å²) in [6.45, 7) is 4.13. The minimum absolute atomic E-state index is 0.201. The Bertz CT molecular complexity index is 171. The van der Waals surface area contributed by atoms with Crippen molar-refractivity contribution in [1.82, 2.24) is 0 Å². The third-order valence-corrected chi connectivity index (χ3v) is 3.63. The van der Waals surface area contributed by atoms with Crippen LogP contribution in [0.25, 0.3) is 0 Å². The lowest BCUT2D eigenvalue weighted by atomic mass is 10.1. The van der Waals surface area contributed by atoms with Crippen molar-refractivity contribution in [3.8, 4) is 0 Å². The van der Waals surface area contributed by atoms with E-state index in [9.17, 15) is 9.46 Å². The van der Waals surface area contributed by atoms with Crippen molar-refractivity contribution in [2.75, 3.05) is 12.8 Å². The van der Waals surface area contributed by atoms with E-state index in [0.29, 0.717) is 0 Å². The molecule has 0 bridgehead atoms. The van der Waals surface area contributed by atoms with Gasteiger partial charge in [0, 0.05) is 6.16 Å². The highest BCUT2D eigenvalue weighted by Crippen LogP contribution is 2.37. The molecule has 0 spiro atoms. The van der Waals surface area contributed by atoms with Crippen molar-refractivity contribution in [2.24, 2.45) is 0 Å². The van der Waals surface area contributed by atoms with Crippen molar-refractivity contribution in [3.05, 3.63) is 0 Å². The highest BCUT2D eigenvalue weighted by molar-refractivity contribution is 7.51. The molecule has 3 nitrogen and oxygen atoms in total. The van der Waals surface area contributed by atoms with Gasteiger partial charge in [0.2, 0.25) is 0 Å². The summed E-state index contributed by atoms with van der Waals surface area (Å²) in [5, 5.41) is 0. The zero-order valence-electron chi connectivity index (χ0n) is 9.33. The summed E-state index contributed by atoms with van der Waals surface area (Å²) in [5.74, 6) is 0. The molecular formula is C10H22O3P-. The summed E-state index contributed by atoms with van der Waals surface area (Å²) >= 11 is 0. The molecule has 86 valence electrons. The van der Waals surface area contributed by atoms with Crippen LogP contribution >= 0.6 is 7.60 Å². The first-order chi connectivity index (χ1) is 6.62. The predicted molar refractivity (Wildman–Crippen MR) is 57.5 cm³/mol. The molecule has 0 saturated heterocycles. The Kier molecular flexibility index (Phi) is 8.55. The molecule has 0 aliphatic rings. The van der Waals surface area contributed by atoms with Crippen LogP contribution in [0.3, 0.4) is 0 Å². The van der Waals surface area contributed by atoms with E-state index in [4.69, 9.17) is 0 Å². The van der Waals surface area contributed by atoms with Crippen LogP contribution in [0.4, 0.5) is 0 Å². The molecule has 0 aliphatic carbocycles. The van der Waals surface area contributed by atoms with E-state index in [1.165, 1.54) is 19.3 Å². The summed E-state index contributed by atoms with van der Waals surface area (Å²) in [6.07, 6.45) is 6.77. The smallest absolute Gasteiger partial charge is 0.134 e. The van der Waals surface area contributed by atoms with Gasteiger partial charge in [-0.2, -0.15) is 0 Å². The van der Waals surface area contributed by atoms with E-state index in [1.807, 2.05) is 0 Å². The van der Waals surface area contributed by atoms with Crippen LogP contribution in [0.15, 0.2) is 0 Å². The summed E-state index contributed by atoms with van der Waals surface area (Å²) < 4.78 is 15.8. The van der Waals surface area contributed by atoms with E-state index in [-0.39, 0.29) is 12.8 Å². The molecule has 0 heterocycles. The van der Waals surface area contributed by atoms with Crippen molar-refractivity contribution in [3.63, 3.8) is 0 Å². The minimum Gasteiger partial charge on any atom is -0.778 e. The Labute approximate surface area is 87.4 Å². The first-order valence-corrected chi connectivity index (χ1v) is 7.29. The average molecular weight is 221 g/mol. The fraction of sp³-hybridized carbons (Fsp3) is 1.00. The number of unbranched alkanes of at least 4 members (excludes halogenated alkanes) is 5. The maximum absolute atomic E-state index is 11.1. The van der Waals surface area contributed by atoms with Crippen molar-refractivity contribution in [1.29, 1.82) is 0 Å². The summed E-state index contributed by atoms with van der Waals surface area (Å²) in [7, 11) is -3.50. The van der Waals surface area contributed by atoms with Crippen molar-refractivity contribution >= 4 is 7.60 Å². The molecule has 0 aromatic carbocycles. The molecule has 1 unspecified atom stereocenters. The Morgan fingerprint density at radius 2 is 1.64 bits per heavy atom. The monoisotopic (exact) mass is 221 g/mol. The predicted octanol–water partition coefficient (Wildman–Crippen LogP) is 2.94. The van der Waals surface area contributed by atoms with E-state index < -0.39 is 7.60 Å². The summed E-state index contributed by atoms with van der Waals surface area (Å²) in [6, 6.07) is 0. The number of hydrogen-bond donors (Lipinski definition) is 0. The number of rotatable bonds is 9. The fourth-order valence-electron chi connectivity index (χ4n) is 1.35. The second kappa shape index (κ2) is 8.46. The van der Waals surface area contributed by atoms with Crippen LogP contribution in [0, 0.1) is 0 Å². The van der Waals surface area contributed by atoms with Gasteiger partial charge in [0.25, 0.3) is 0 Å². The zero-order valence-corrected chi connectivity index (χ0v) is 10.2. The molecule has 0 amide bonds. The van der Waals surface area contributed by atoms with Gasteiger partial charge < -0.3 is 14.0 Å². The van der Waals surface area contributed by atoms with E-state index >= 15 is 0 Å². The molecule has 1 atom stereocenters. The van der Waals surface area contributed by atoms with Gasteiger partial charge in [-0.05, 0) is 13.3 Å². The van der Waals surface area contributed by atoms with Crippen LogP contribution in [0.1, 0.15) is 52.4 Å². The van der Waals surface area contributed by atoms with E-state index in [0.717, 1.165) is 19.3 Å². The molecule has 0 fully saturated rings. The van der Waals surface area contributed by atoms with Gasteiger partial charge in [-0.25, -0.2) is 0 Å². The Morgan fingerprint density at radius 3 is 2.21 bits per heavy atom. The third-order valence-electron chi connectivity index (χ3n) is 2.11. The second-order valence-corrected chi connectivity index (χ2v) is 5.45. The van der Waals surface area contributed by atoms with Gasteiger partial charge in [-0.3, -0.25) is 0 Å². The maximum atomic E-state index is 11.1. The van der Waals surface area contributed by atoms with Crippen LogP contribution in [0.5, 0.6) is 0 Å². The number of hydrogen-bond acceptors (Lipinski definition) is 3. The quantitative estimate of drug-likeness (QED) is 0.444. The van der Waals surface area contributed by atoms with Crippen LogP contribution in [-0.4, -0.2) is 12.8 Å². The van der Waals surface area contributed by atoms with Crippen molar-refractivity contribution in [2.45, 2.75) is 52.4 Å². The van der Waals surface area contributed by atoms with Gasteiger partial charge in [0.15, 0.2) is 0 Å². The lowest BCUT2D eigenvalue weighted by Crippen LogP contribution is -2.08. The molecule has 0 aliphatic heterocycles. The molecule has 4 heteroatoms. The molecule has 0 rings (SSSR count). The molecular weight excluding hydrogens is 199 g/mol. The third kappa shape index (κ3) is 8.74. The largest absolute Gasteiger partial charge is 0.778 e. The van der Waals surface area contributed by atoms with Crippen LogP contribution < -0.4 is 4.89 Å². The Balaban J connectivity index is 3.30. The fourth-order valence-corrected chi connectivity index (χ4v) is 2.48. The van der Waals surface area contributed by atoms with Gasteiger partial charge in [-0.1, -0.05) is 39.0 Å². The summed E-state index contributed by atoms with van der Waals surface area (Å²) in [5.41, 5.74) is 0. The minimum atomic E-state index is -3.50. The van der Waals surface area contributed by atoms with Gasteiger partial charge in [-0.15, -0.1) is 0 Å². The lowest BCUT2D eigenvalue weighted by Gasteiger charge is -2.22. The van der Waals surface area contributed by atoms with Crippen LogP contribution in [-0.2, 0) is 9.09 Å². The van der Waals surface area contributed by atoms with Crippen LogP contribution in [0.2, 0.25) is 0 Å². The highest BCUT2D eigenvalue weighted by atomic mass is 31.2. The lowest BCUT2D eigenvalue weighted by molar-refractivity contribution is -0.198. The topological polar surface area (TPSA) is 49.4 Å².